The van der Waals surface area contributed by atoms with Crippen molar-refractivity contribution in [3.63, 3.8) is 0 Å². The number of rotatable bonds is 5. The molecule has 2 nitrogen and oxygen atoms in total. The topological polar surface area (TPSA) is 25.2 Å². The Labute approximate surface area is 119 Å². The van der Waals surface area contributed by atoms with Crippen LogP contribution in [-0.4, -0.2) is 0 Å². The summed E-state index contributed by atoms with van der Waals surface area (Å²) < 4.78 is 5.14. The van der Waals surface area contributed by atoms with Crippen LogP contribution >= 0.6 is 11.6 Å². The van der Waals surface area contributed by atoms with Gasteiger partial charge in [0.25, 0.3) is 0 Å². The third kappa shape index (κ3) is 3.62. The van der Waals surface area contributed by atoms with E-state index in [-0.39, 0.29) is 6.04 Å². The van der Waals surface area contributed by atoms with Gasteiger partial charge in [-0.25, -0.2) is 0 Å². The molecule has 0 saturated carbocycles. The molecule has 2 rings (SSSR count). The van der Waals surface area contributed by atoms with Crippen LogP contribution in [0.2, 0.25) is 5.02 Å². The normalized spacial score (nSPS) is 14.6. The molecule has 102 valence electrons. The molecule has 0 saturated heterocycles. The summed E-state index contributed by atoms with van der Waals surface area (Å²) >= 11 is 5.95. The molecular formula is C16H20ClNO. The molecule has 0 spiro atoms. The SMILES string of the molecule is CC(NC(c1ccc(Cl)cc1)C(C)C)c1ccoc1. The van der Waals surface area contributed by atoms with Crippen LogP contribution in [0.15, 0.2) is 47.3 Å². The molecule has 19 heavy (non-hydrogen) atoms. The standard InChI is InChI=1S/C16H20ClNO/c1-11(2)16(13-4-6-15(17)7-5-13)18-12(3)14-8-9-19-10-14/h4-12,16,18H,1-3H3. The summed E-state index contributed by atoms with van der Waals surface area (Å²) in [5, 5.41) is 4.42. The Morgan fingerprint density at radius 2 is 1.68 bits per heavy atom. The first-order valence-electron chi connectivity index (χ1n) is 6.61. The van der Waals surface area contributed by atoms with Crippen molar-refractivity contribution in [1.29, 1.82) is 0 Å². The van der Waals surface area contributed by atoms with Crippen LogP contribution in [0.1, 0.15) is 44.0 Å². The van der Waals surface area contributed by atoms with E-state index >= 15 is 0 Å². The van der Waals surface area contributed by atoms with E-state index in [0.29, 0.717) is 12.0 Å². The fourth-order valence-electron chi connectivity index (χ4n) is 2.23. The Bertz CT molecular complexity index is 490. The summed E-state index contributed by atoms with van der Waals surface area (Å²) in [6.07, 6.45) is 3.50. The lowest BCUT2D eigenvalue weighted by Crippen LogP contribution is -2.28. The molecule has 2 atom stereocenters. The summed E-state index contributed by atoms with van der Waals surface area (Å²) in [5.41, 5.74) is 2.43. The maximum absolute atomic E-state index is 5.95. The highest BCUT2D eigenvalue weighted by Crippen LogP contribution is 2.26. The van der Waals surface area contributed by atoms with Gasteiger partial charge in [0.1, 0.15) is 0 Å². The minimum absolute atomic E-state index is 0.252. The molecule has 0 bridgehead atoms. The van der Waals surface area contributed by atoms with Crippen molar-refractivity contribution in [3.8, 4) is 0 Å². The number of benzene rings is 1. The lowest BCUT2D eigenvalue weighted by molar-refractivity contribution is 0.373. The molecule has 3 heteroatoms. The molecular weight excluding hydrogens is 258 g/mol. The smallest absolute Gasteiger partial charge is 0.0950 e. The van der Waals surface area contributed by atoms with E-state index in [1.165, 1.54) is 11.1 Å². The maximum atomic E-state index is 5.95. The third-order valence-corrected chi connectivity index (χ3v) is 3.62. The fraction of sp³-hybridized carbons (Fsp3) is 0.375. The van der Waals surface area contributed by atoms with Gasteiger partial charge in [-0.3, -0.25) is 0 Å². The van der Waals surface area contributed by atoms with Crippen LogP contribution in [0.5, 0.6) is 0 Å². The van der Waals surface area contributed by atoms with Crippen molar-refractivity contribution in [2.75, 3.05) is 0 Å². The predicted octanol–water partition coefficient (Wildman–Crippen LogP) is 4.98. The molecule has 1 aromatic carbocycles. The van der Waals surface area contributed by atoms with Crippen molar-refractivity contribution in [3.05, 3.63) is 59.0 Å². The van der Waals surface area contributed by atoms with E-state index in [2.05, 4.69) is 38.2 Å². The Morgan fingerprint density at radius 3 is 2.21 bits per heavy atom. The number of hydrogen-bond donors (Lipinski definition) is 1. The van der Waals surface area contributed by atoms with Crippen LogP contribution < -0.4 is 5.32 Å². The second-order valence-electron chi connectivity index (χ2n) is 5.22. The van der Waals surface area contributed by atoms with Crippen LogP contribution in [0.4, 0.5) is 0 Å². The number of halogens is 1. The van der Waals surface area contributed by atoms with Crippen LogP contribution in [0.3, 0.4) is 0 Å². The first-order chi connectivity index (χ1) is 9.08. The van der Waals surface area contributed by atoms with Crippen LogP contribution in [0, 0.1) is 5.92 Å². The number of furan rings is 1. The molecule has 1 heterocycles. The highest BCUT2D eigenvalue weighted by atomic mass is 35.5. The fourth-order valence-corrected chi connectivity index (χ4v) is 2.36. The Hall–Kier alpha value is -1.25. The summed E-state index contributed by atoms with van der Waals surface area (Å²) in [5.74, 6) is 0.496. The zero-order valence-electron chi connectivity index (χ0n) is 11.6. The lowest BCUT2D eigenvalue weighted by Gasteiger charge is -2.26. The van der Waals surface area contributed by atoms with Crippen molar-refractivity contribution < 1.29 is 4.42 Å². The highest BCUT2D eigenvalue weighted by molar-refractivity contribution is 6.30. The van der Waals surface area contributed by atoms with Gasteiger partial charge in [-0.05, 0) is 36.6 Å². The van der Waals surface area contributed by atoms with E-state index in [1.807, 2.05) is 18.2 Å². The molecule has 0 aliphatic heterocycles. The highest BCUT2D eigenvalue weighted by Gasteiger charge is 2.19. The van der Waals surface area contributed by atoms with Gasteiger partial charge < -0.3 is 9.73 Å². The van der Waals surface area contributed by atoms with Crippen molar-refractivity contribution >= 4 is 11.6 Å². The average Bonchev–Trinajstić information content (AvgIpc) is 2.90. The van der Waals surface area contributed by atoms with Gasteiger partial charge in [0.2, 0.25) is 0 Å². The summed E-state index contributed by atoms with van der Waals surface area (Å²) in [4.78, 5) is 0. The van der Waals surface area contributed by atoms with E-state index in [9.17, 15) is 0 Å². The van der Waals surface area contributed by atoms with E-state index < -0.39 is 0 Å². The molecule has 0 aliphatic carbocycles. The summed E-state index contributed by atoms with van der Waals surface area (Å²) in [6, 6.07) is 10.6. The number of nitrogens with one attached hydrogen (secondary N) is 1. The van der Waals surface area contributed by atoms with Crippen molar-refractivity contribution in [1.82, 2.24) is 5.32 Å². The maximum Gasteiger partial charge on any atom is 0.0950 e. The minimum atomic E-state index is 0.252. The first-order valence-corrected chi connectivity index (χ1v) is 6.99. The molecule has 0 fully saturated rings. The molecule has 1 N–H and O–H groups in total. The van der Waals surface area contributed by atoms with Gasteiger partial charge in [0, 0.05) is 22.7 Å². The quantitative estimate of drug-likeness (QED) is 0.834. The second kappa shape index (κ2) is 6.27. The zero-order valence-corrected chi connectivity index (χ0v) is 12.3. The van der Waals surface area contributed by atoms with E-state index in [4.69, 9.17) is 16.0 Å². The second-order valence-corrected chi connectivity index (χ2v) is 5.65. The minimum Gasteiger partial charge on any atom is -0.472 e. The van der Waals surface area contributed by atoms with E-state index in [0.717, 1.165) is 5.02 Å². The average molecular weight is 278 g/mol. The van der Waals surface area contributed by atoms with Gasteiger partial charge in [0.15, 0.2) is 0 Å². The van der Waals surface area contributed by atoms with Gasteiger partial charge in [0.05, 0.1) is 12.5 Å². The Kier molecular flexibility index (Phi) is 4.67. The molecule has 2 unspecified atom stereocenters. The molecule has 2 aromatic rings. The van der Waals surface area contributed by atoms with Crippen molar-refractivity contribution in [2.24, 2.45) is 5.92 Å². The number of hydrogen-bond acceptors (Lipinski definition) is 2. The summed E-state index contributed by atoms with van der Waals surface area (Å²) in [7, 11) is 0. The largest absolute Gasteiger partial charge is 0.472 e. The van der Waals surface area contributed by atoms with Crippen LogP contribution in [0.25, 0.3) is 0 Å². The Morgan fingerprint density at radius 1 is 1.00 bits per heavy atom. The van der Waals surface area contributed by atoms with Crippen LogP contribution in [-0.2, 0) is 0 Å². The first kappa shape index (κ1) is 14.2. The van der Waals surface area contributed by atoms with Crippen molar-refractivity contribution in [2.45, 2.75) is 32.9 Å². The monoisotopic (exact) mass is 277 g/mol. The molecule has 1 aromatic heterocycles. The summed E-state index contributed by atoms with van der Waals surface area (Å²) in [6.45, 7) is 6.58. The zero-order chi connectivity index (χ0) is 13.8. The Balaban J connectivity index is 2.14. The third-order valence-electron chi connectivity index (χ3n) is 3.37. The predicted molar refractivity (Wildman–Crippen MR) is 79.3 cm³/mol. The lowest BCUT2D eigenvalue weighted by atomic mass is 9.94. The van der Waals surface area contributed by atoms with Gasteiger partial charge >= 0.3 is 0 Å². The molecule has 0 amide bonds. The van der Waals surface area contributed by atoms with Gasteiger partial charge in [-0.15, -0.1) is 0 Å². The van der Waals surface area contributed by atoms with Gasteiger partial charge in [-0.2, -0.15) is 0 Å². The molecule has 0 radical (unpaired) electrons. The molecule has 0 aliphatic rings. The van der Waals surface area contributed by atoms with E-state index in [1.54, 1.807) is 12.5 Å². The van der Waals surface area contributed by atoms with Gasteiger partial charge in [-0.1, -0.05) is 37.6 Å².